The van der Waals surface area contributed by atoms with E-state index in [4.69, 9.17) is 8.92 Å². The normalized spacial score (nSPS) is 15.2. The zero-order valence-electron chi connectivity index (χ0n) is 17.9. The Bertz CT molecular complexity index is 1270. The van der Waals surface area contributed by atoms with Gasteiger partial charge in [-0.15, -0.1) is 0 Å². The van der Waals surface area contributed by atoms with E-state index >= 15 is 0 Å². The number of aryl methyl sites for hydroxylation is 1. The molecule has 0 unspecified atom stereocenters. The van der Waals surface area contributed by atoms with Gasteiger partial charge in [0.05, 0.1) is 16.9 Å². The van der Waals surface area contributed by atoms with Crippen LogP contribution in [0.1, 0.15) is 24.5 Å². The second kappa shape index (κ2) is 9.63. The first-order valence-electron chi connectivity index (χ1n) is 9.70. The van der Waals surface area contributed by atoms with Crippen molar-refractivity contribution >= 4 is 44.8 Å². The van der Waals surface area contributed by atoms with Crippen LogP contribution in [0.25, 0.3) is 6.08 Å². The van der Waals surface area contributed by atoms with Crippen molar-refractivity contribution in [3.63, 3.8) is 0 Å². The minimum Gasteiger partial charge on any atom is -0.493 e. The van der Waals surface area contributed by atoms with Gasteiger partial charge in [0.15, 0.2) is 11.5 Å². The molecule has 33 heavy (non-hydrogen) atoms. The maximum Gasteiger partial charge on any atom is 0.339 e. The molecule has 10 nitrogen and oxygen atoms in total. The largest absolute Gasteiger partial charge is 0.493 e. The quantitative estimate of drug-likeness (QED) is 0.231. The third kappa shape index (κ3) is 5.17. The van der Waals surface area contributed by atoms with Gasteiger partial charge >= 0.3 is 10.1 Å². The van der Waals surface area contributed by atoms with Gasteiger partial charge in [-0.05, 0) is 54.9 Å². The van der Waals surface area contributed by atoms with E-state index in [-0.39, 0.29) is 32.2 Å². The molecule has 1 saturated heterocycles. The molecular weight excluding hydrogens is 472 g/mol. The van der Waals surface area contributed by atoms with Gasteiger partial charge in [-0.3, -0.25) is 24.6 Å². The van der Waals surface area contributed by atoms with Crippen LogP contribution in [0.4, 0.5) is 10.5 Å². The lowest BCUT2D eigenvalue weighted by atomic mass is 10.2. The first-order chi connectivity index (χ1) is 15.6. The molecule has 2 aromatic carbocycles. The third-order valence-corrected chi connectivity index (χ3v) is 6.81. The lowest BCUT2D eigenvalue weighted by Gasteiger charge is -2.12. The molecule has 2 aromatic rings. The SMILES string of the molecule is CCCN1C(=O)S/C(=C\c2ccc(OS(=O)(=O)c3ccc(C)c([N+](=O)[O-])c3)c(OC)c2)C1=O. The first-order valence-corrected chi connectivity index (χ1v) is 11.9. The number of amides is 2. The molecule has 0 radical (unpaired) electrons. The Morgan fingerprint density at radius 1 is 1.15 bits per heavy atom. The third-order valence-electron chi connectivity index (χ3n) is 4.67. The molecule has 0 bridgehead atoms. The van der Waals surface area contributed by atoms with Gasteiger partial charge < -0.3 is 8.92 Å². The van der Waals surface area contributed by atoms with Crippen molar-refractivity contribution in [2.24, 2.45) is 0 Å². The molecule has 0 spiro atoms. The van der Waals surface area contributed by atoms with Crippen LogP contribution in [0.15, 0.2) is 46.2 Å². The number of nitro benzene ring substituents is 1. The molecule has 0 atom stereocenters. The number of hydrogen-bond donors (Lipinski definition) is 0. The lowest BCUT2D eigenvalue weighted by Crippen LogP contribution is -2.28. The number of benzene rings is 2. The van der Waals surface area contributed by atoms with Crippen LogP contribution in [0.2, 0.25) is 0 Å². The number of nitro groups is 1. The van der Waals surface area contributed by atoms with Gasteiger partial charge in [0, 0.05) is 18.2 Å². The summed E-state index contributed by atoms with van der Waals surface area (Å²) in [6, 6.07) is 7.75. The van der Waals surface area contributed by atoms with Crippen LogP contribution in [0, 0.1) is 17.0 Å². The van der Waals surface area contributed by atoms with Gasteiger partial charge in [0.25, 0.3) is 16.8 Å². The van der Waals surface area contributed by atoms with E-state index in [1.54, 1.807) is 0 Å². The number of methoxy groups -OCH3 is 1. The number of carbonyl (C=O) groups is 2. The highest BCUT2D eigenvalue weighted by atomic mass is 32.2. The summed E-state index contributed by atoms with van der Waals surface area (Å²) in [4.78, 5) is 35.9. The number of nitrogens with zero attached hydrogens (tertiary/aromatic N) is 2. The van der Waals surface area contributed by atoms with Crippen molar-refractivity contribution in [1.29, 1.82) is 0 Å². The Morgan fingerprint density at radius 2 is 1.88 bits per heavy atom. The average molecular weight is 493 g/mol. The van der Waals surface area contributed by atoms with Crippen molar-refractivity contribution in [2.75, 3.05) is 13.7 Å². The summed E-state index contributed by atoms with van der Waals surface area (Å²) >= 11 is 0.822. The van der Waals surface area contributed by atoms with E-state index in [2.05, 4.69) is 0 Å². The molecule has 12 heteroatoms. The Hall–Kier alpha value is -3.38. The average Bonchev–Trinajstić information content (AvgIpc) is 3.02. The van der Waals surface area contributed by atoms with Gasteiger partial charge in [0.1, 0.15) is 4.90 Å². The summed E-state index contributed by atoms with van der Waals surface area (Å²) in [5.41, 5.74) is 0.452. The summed E-state index contributed by atoms with van der Waals surface area (Å²) in [6.07, 6.45) is 2.15. The van der Waals surface area contributed by atoms with E-state index in [0.29, 0.717) is 24.1 Å². The van der Waals surface area contributed by atoms with Crippen LogP contribution in [0.5, 0.6) is 11.5 Å². The maximum atomic E-state index is 12.7. The van der Waals surface area contributed by atoms with E-state index < -0.39 is 20.9 Å². The topological polar surface area (TPSA) is 133 Å². The molecule has 1 heterocycles. The highest BCUT2D eigenvalue weighted by Gasteiger charge is 2.34. The molecule has 2 amide bonds. The monoisotopic (exact) mass is 492 g/mol. The standard InChI is InChI=1S/C21H20N2O8S2/c1-4-9-22-20(24)19(32-21(22)25)11-14-6-8-17(18(10-14)30-3)31-33(28,29)15-7-5-13(2)16(12-15)23(26)27/h5-8,10-12H,4,9H2,1-3H3/b19-11-. The van der Waals surface area contributed by atoms with Gasteiger partial charge in [0.2, 0.25) is 0 Å². The Morgan fingerprint density at radius 3 is 2.52 bits per heavy atom. The van der Waals surface area contributed by atoms with Gasteiger partial charge in [-0.1, -0.05) is 19.1 Å². The van der Waals surface area contributed by atoms with Crippen LogP contribution >= 0.6 is 11.8 Å². The Labute approximate surface area is 194 Å². The van der Waals surface area contributed by atoms with Crippen LogP contribution < -0.4 is 8.92 Å². The summed E-state index contributed by atoms with van der Waals surface area (Å²) < 4.78 is 35.8. The second-order valence-corrected chi connectivity index (χ2v) is 9.53. The zero-order chi connectivity index (χ0) is 24.3. The van der Waals surface area contributed by atoms with Gasteiger partial charge in [-0.2, -0.15) is 8.42 Å². The van der Waals surface area contributed by atoms with Crippen molar-refractivity contribution in [1.82, 2.24) is 4.90 Å². The molecule has 0 saturated carbocycles. The number of rotatable bonds is 8. The van der Waals surface area contributed by atoms with Gasteiger partial charge in [-0.25, -0.2) is 0 Å². The van der Waals surface area contributed by atoms with Crippen LogP contribution in [-0.4, -0.2) is 43.0 Å². The van der Waals surface area contributed by atoms with Crippen molar-refractivity contribution in [2.45, 2.75) is 25.2 Å². The second-order valence-electron chi connectivity index (χ2n) is 6.99. The highest BCUT2D eigenvalue weighted by Crippen LogP contribution is 2.35. The smallest absolute Gasteiger partial charge is 0.339 e. The summed E-state index contributed by atoms with van der Waals surface area (Å²) in [5.74, 6) is -0.478. The lowest BCUT2D eigenvalue weighted by molar-refractivity contribution is -0.385. The van der Waals surface area contributed by atoms with E-state index in [9.17, 15) is 28.1 Å². The van der Waals surface area contributed by atoms with E-state index in [0.717, 1.165) is 17.8 Å². The van der Waals surface area contributed by atoms with Crippen LogP contribution in [-0.2, 0) is 14.9 Å². The fraction of sp³-hybridized carbons (Fsp3) is 0.238. The Balaban J connectivity index is 1.89. The highest BCUT2D eigenvalue weighted by molar-refractivity contribution is 8.18. The summed E-state index contributed by atoms with van der Waals surface area (Å²) in [5, 5.41) is 10.8. The number of thioether (sulfide) groups is 1. The molecule has 0 N–H and O–H groups in total. The predicted molar refractivity (Wildman–Crippen MR) is 122 cm³/mol. The summed E-state index contributed by atoms with van der Waals surface area (Å²) in [7, 11) is -3.08. The first kappa shape index (κ1) is 24.3. The molecule has 1 aliphatic heterocycles. The Kier molecular flexibility index (Phi) is 7.08. The van der Waals surface area contributed by atoms with Crippen LogP contribution in [0.3, 0.4) is 0 Å². The van der Waals surface area contributed by atoms with Crippen molar-refractivity contribution in [3.8, 4) is 11.5 Å². The molecule has 1 fully saturated rings. The molecule has 174 valence electrons. The fourth-order valence-corrected chi connectivity index (χ4v) is 4.84. The van der Waals surface area contributed by atoms with E-state index in [1.807, 2.05) is 6.92 Å². The zero-order valence-corrected chi connectivity index (χ0v) is 19.6. The minimum atomic E-state index is -4.39. The molecule has 0 aliphatic carbocycles. The van der Waals surface area contributed by atoms with Crippen molar-refractivity contribution < 1.29 is 31.9 Å². The molecular formula is C21H20N2O8S2. The van der Waals surface area contributed by atoms with E-state index in [1.165, 1.54) is 55.3 Å². The number of hydrogen-bond acceptors (Lipinski definition) is 9. The number of carbonyl (C=O) groups excluding carboxylic acids is 2. The maximum absolute atomic E-state index is 12.7. The fourth-order valence-electron chi connectivity index (χ4n) is 3.02. The molecule has 0 aromatic heterocycles. The minimum absolute atomic E-state index is 0.0572. The number of imide groups is 1. The molecule has 1 aliphatic rings. The number of ether oxygens (including phenoxy) is 1. The van der Waals surface area contributed by atoms with Crippen molar-refractivity contribution in [3.05, 3.63) is 62.5 Å². The predicted octanol–water partition coefficient (Wildman–Crippen LogP) is 4.13. The molecule has 3 rings (SSSR count). The summed E-state index contributed by atoms with van der Waals surface area (Å²) in [6.45, 7) is 3.68.